The summed E-state index contributed by atoms with van der Waals surface area (Å²) in [7, 11) is 3.58. The highest BCUT2D eigenvalue weighted by Crippen LogP contribution is 2.45. The fraction of sp³-hybridized carbons (Fsp3) is 0.259. The van der Waals surface area contributed by atoms with Gasteiger partial charge in [-0.3, -0.25) is 34.2 Å². The second-order valence-corrected chi connectivity index (χ2v) is 19.2. The van der Waals surface area contributed by atoms with E-state index in [2.05, 4.69) is 56.8 Å². The number of anilines is 6. The number of hydrogen-bond acceptors (Lipinski definition) is 12. The third-order valence-corrected chi connectivity index (χ3v) is 14.9. The molecule has 4 aromatic carbocycles. The third-order valence-electron chi connectivity index (χ3n) is 14.9. The highest BCUT2D eigenvalue weighted by atomic mass is 16.4. The van der Waals surface area contributed by atoms with Crippen molar-refractivity contribution in [1.82, 2.24) is 34.3 Å². The Balaban J connectivity index is 0.791. The Morgan fingerprint density at radius 1 is 0.606 bits per heavy atom. The van der Waals surface area contributed by atoms with Gasteiger partial charge in [-0.15, -0.1) is 0 Å². The standard InChI is InChI=1S/C54H49N13O4/c1-62-50(68)44-46(56-37-10-4-3-5-11-37)64(60-48(44)66-42-15-7-13-39(42)58-53(62)66)29-31-17-21-33(22-18-31)41-28-36(25-26-55-41)35-9-6-12-38(27-35)57-47-45-49(61-65(47)30-32-19-23-34(24-20-32)52(70)71)67-43-16-8-14-40(43)59-54(67)63(2)51(45)69/h3-6,9-12,17-28,39-40,42-43,56-57H,7-8,13-16,29-30H2,1-2H3,(H,70,71)/t39-,40-,42+,43+/m1/s1. The minimum atomic E-state index is -0.994. The molecule has 2 fully saturated rings. The van der Waals surface area contributed by atoms with Gasteiger partial charge in [-0.1, -0.05) is 66.7 Å². The minimum absolute atomic E-state index is 0.115. The van der Waals surface area contributed by atoms with Gasteiger partial charge in [-0.05, 0) is 109 Å². The molecule has 0 saturated heterocycles. The first kappa shape index (κ1) is 42.5. The number of benzene rings is 4. The molecule has 7 aromatic rings. The Morgan fingerprint density at radius 3 is 1.72 bits per heavy atom. The highest BCUT2D eigenvalue weighted by molar-refractivity contribution is 6.22. The zero-order valence-electron chi connectivity index (χ0n) is 39.1. The number of nitrogens with zero attached hydrogens (tertiary/aromatic N) is 11. The lowest BCUT2D eigenvalue weighted by atomic mass is 10.0. The second kappa shape index (κ2) is 16.5. The van der Waals surface area contributed by atoms with E-state index < -0.39 is 5.97 Å². The van der Waals surface area contributed by atoms with Crippen molar-refractivity contribution in [1.29, 1.82) is 0 Å². The van der Waals surface area contributed by atoms with E-state index in [0.29, 0.717) is 59.4 Å². The summed E-state index contributed by atoms with van der Waals surface area (Å²) in [5.74, 6) is 2.43. The summed E-state index contributed by atoms with van der Waals surface area (Å²) in [6, 6.07) is 37.6. The molecule has 6 aliphatic rings. The number of nitrogens with one attached hydrogen (secondary N) is 2. The number of carbonyl (C=O) groups excluding carboxylic acids is 2. The molecular formula is C54H49N13O4. The summed E-state index contributed by atoms with van der Waals surface area (Å²) in [4.78, 5) is 62.4. The minimum Gasteiger partial charge on any atom is -0.478 e. The van der Waals surface area contributed by atoms with E-state index in [1.165, 1.54) is 0 Å². The molecule has 17 nitrogen and oxygen atoms in total. The fourth-order valence-electron chi connectivity index (χ4n) is 11.3. The molecule has 13 rings (SSSR count). The number of carboxylic acid groups (broad SMARTS) is 1. The van der Waals surface area contributed by atoms with Crippen LogP contribution >= 0.6 is 0 Å². The Morgan fingerprint density at radius 2 is 1.14 bits per heavy atom. The summed E-state index contributed by atoms with van der Waals surface area (Å²) in [5.41, 5.74) is 8.34. The van der Waals surface area contributed by atoms with Crippen LogP contribution in [0.4, 0.5) is 34.6 Å². The molecule has 3 aromatic heterocycles. The number of guanidine groups is 2. The molecular weight excluding hydrogens is 895 g/mol. The van der Waals surface area contributed by atoms with E-state index in [1.54, 1.807) is 52.8 Å². The van der Waals surface area contributed by atoms with Gasteiger partial charge in [-0.2, -0.15) is 10.2 Å². The SMILES string of the molecule is CN1C(=O)c2c(nn(Cc3ccc(-c4cc(-c5cccc(Nc6c7c(nn6Cc6ccc(C(=O)O)cc6)N6C(=N[C@@H]8CCC[C@@H]86)N(C)C7=O)c5)ccn4)cc3)c2Nc2ccccc2)N2C1=N[C@@H]1CCC[C@@H]12. The smallest absolute Gasteiger partial charge is 0.335 e. The second-order valence-electron chi connectivity index (χ2n) is 19.2. The maximum Gasteiger partial charge on any atom is 0.335 e. The van der Waals surface area contributed by atoms with Crippen molar-refractivity contribution in [2.45, 2.75) is 75.8 Å². The van der Waals surface area contributed by atoms with Gasteiger partial charge >= 0.3 is 5.97 Å². The van der Waals surface area contributed by atoms with E-state index >= 15 is 0 Å². The van der Waals surface area contributed by atoms with E-state index in [-0.39, 0.29) is 41.5 Å². The number of rotatable bonds is 11. The monoisotopic (exact) mass is 943 g/mol. The van der Waals surface area contributed by atoms with Crippen LogP contribution in [0.1, 0.15) is 80.7 Å². The van der Waals surface area contributed by atoms with Gasteiger partial charge in [0.15, 0.2) is 11.6 Å². The van der Waals surface area contributed by atoms with Crippen LogP contribution < -0.4 is 20.4 Å². The van der Waals surface area contributed by atoms with Crippen LogP contribution in [0.5, 0.6) is 0 Å². The van der Waals surface area contributed by atoms with Crippen LogP contribution in [0.3, 0.4) is 0 Å². The lowest BCUT2D eigenvalue weighted by molar-refractivity contribution is 0.0696. The summed E-state index contributed by atoms with van der Waals surface area (Å²) < 4.78 is 3.71. The molecule has 0 radical (unpaired) electrons. The van der Waals surface area contributed by atoms with Gasteiger partial charge in [0.2, 0.25) is 11.9 Å². The van der Waals surface area contributed by atoms with Gasteiger partial charge in [0.25, 0.3) is 11.8 Å². The fourth-order valence-corrected chi connectivity index (χ4v) is 11.3. The number of hydrogen-bond donors (Lipinski definition) is 3. The molecule has 4 aliphatic heterocycles. The number of aliphatic imine (C=N–C) groups is 2. The van der Waals surface area contributed by atoms with E-state index in [1.807, 2.05) is 65.5 Å². The Labute approximate surface area is 408 Å². The number of carboxylic acids is 1. The van der Waals surface area contributed by atoms with E-state index in [0.717, 1.165) is 83.4 Å². The Kier molecular flexibility index (Phi) is 9.90. The average molecular weight is 944 g/mol. The first-order valence-electron chi connectivity index (χ1n) is 24.2. The number of pyridine rings is 1. The van der Waals surface area contributed by atoms with Crippen molar-refractivity contribution in [3.63, 3.8) is 0 Å². The molecule has 354 valence electrons. The van der Waals surface area contributed by atoms with Crippen LogP contribution in [-0.4, -0.2) is 107 Å². The largest absolute Gasteiger partial charge is 0.478 e. The molecule has 0 bridgehead atoms. The van der Waals surface area contributed by atoms with Gasteiger partial charge in [0.1, 0.15) is 22.8 Å². The van der Waals surface area contributed by atoms with Crippen molar-refractivity contribution in [3.05, 3.63) is 149 Å². The van der Waals surface area contributed by atoms with Gasteiger partial charge in [0.05, 0.1) is 48.5 Å². The summed E-state index contributed by atoms with van der Waals surface area (Å²) >= 11 is 0. The lowest BCUT2D eigenvalue weighted by Crippen LogP contribution is -2.51. The number of fused-ring (bicyclic) bond motifs is 10. The summed E-state index contributed by atoms with van der Waals surface area (Å²) in [5, 5.41) is 26.9. The highest BCUT2D eigenvalue weighted by Gasteiger charge is 2.51. The van der Waals surface area contributed by atoms with Crippen LogP contribution in [0.2, 0.25) is 0 Å². The molecule has 3 N–H and O–H groups in total. The summed E-state index contributed by atoms with van der Waals surface area (Å²) in [6.07, 6.45) is 7.93. The van der Waals surface area contributed by atoms with Crippen LogP contribution in [0.15, 0.2) is 131 Å². The van der Waals surface area contributed by atoms with Crippen LogP contribution in [0, 0.1) is 0 Å². The summed E-state index contributed by atoms with van der Waals surface area (Å²) in [6.45, 7) is 0.728. The number of aromatic nitrogens is 5. The molecule has 0 unspecified atom stereocenters. The predicted molar refractivity (Wildman–Crippen MR) is 271 cm³/mol. The first-order valence-corrected chi connectivity index (χ1v) is 24.2. The zero-order valence-corrected chi connectivity index (χ0v) is 39.1. The lowest BCUT2D eigenvalue weighted by Gasteiger charge is -2.34. The van der Waals surface area contributed by atoms with E-state index in [9.17, 15) is 19.5 Å². The maximum absolute atomic E-state index is 14.3. The number of amides is 2. The normalized spacial score (nSPS) is 20.5. The molecule has 7 heterocycles. The predicted octanol–water partition coefficient (Wildman–Crippen LogP) is 8.46. The van der Waals surface area contributed by atoms with Crippen molar-refractivity contribution < 1.29 is 19.5 Å². The van der Waals surface area contributed by atoms with E-state index in [4.69, 9.17) is 25.2 Å². The van der Waals surface area contributed by atoms with Crippen molar-refractivity contribution >= 4 is 64.3 Å². The zero-order chi connectivity index (χ0) is 48.1. The molecule has 17 heteroatoms. The molecule has 2 amide bonds. The molecule has 0 spiro atoms. The first-order chi connectivity index (χ1) is 34.6. The van der Waals surface area contributed by atoms with Gasteiger partial charge < -0.3 is 15.7 Å². The Hall–Kier alpha value is -8.60. The van der Waals surface area contributed by atoms with Crippen molar-refractivity contribution in [2.75, 3.05) is 34.5 Å². The maximum atomic E-state index is 14.3. The number of aromatic carboxylic acids is 1. The van der Waals surface area contributed by atoms with Crippen molar-refractivity contribution in [2.24, 2.45) is 9.98 Å². The molecule has 71 heavy (non-hydrogen) atoms. The molecule has 2 aliphatic carbocycles. The quantitative estimate of drug-likeness (QED) is 0.113. The van der Waals surface area contributed by atoms with Crippen molar-refractivity contribution in [3.8, 4) is 22.4 Å². The van der Waals surface area contributed by atoms with Gasteiger partial charge in [0, 0.05) is 37.2 Å². The van der Waals surface area contributed by atoms with Crippen LogP contribution in [-0.2, 0) is 13.1 Å². The topological polar surface area (TPSA) is 182 Å². The number of para-hydroxylation sites is 1. The van der Waals surface area contributed by atoms with Crippen LogP contribution in [0.25, 0.3) is 22.4 Å². The third kappa shape index (κ3) is 7.04. The molecule has 2 saturated carbocycles. The Bertz CT molecular complexity index is 3380. The number of carbonyl (C=O) groups is 3. The average Bonchev–Trinajstić information content (AvgIpc) is 4.26. The van der Waals surface area contributed by atoms with Gasteiger partial charge in [-0.25, -0.2) is 24.1 Å². The molecule has 4 atom stereocenters.